The fourth-order valence-corrected chi connectivity index (χ4v) is 2.03. The summed E-state index contributed by atoms with van der Waals surface area (Å²) in [6, 6.07) is 9.95. The zero-order valence-corrected chi connectivity index (χ0v) is 12.2. The number of benzene rings is 1. The fraction of sp³-hybridized carbons (Fsp3) is 0.375. The molecular formula is C16H21NO3. The fourth-order valence-electron chi connectivity index (χ4n) is 2.03. The minimum absolute atomic E-state index is 0.717. The number of rotatable bonds is 7. The molecule has 4 nitrogen and oxygen atoms in total. The van der Waals surface area contributed by atoms with Gasteiger partial charge in [0.2, 0.25) is 0 Å². The van der Waals surface area contributed by atoms with E-state index in [9.17, 15) is 0 Å². The van der Waals surface area contributed by atoms with Crippen LogP contribution in [0.2, 0.25) is 0 Å². The molecule has 1 N–H and O–H groups in total. The van der Waals surface area contributed by atoms with Gasteiger partial charge in [-0.3, -0.25) is 0 Å². The van der Waals surface area contributed by atoms with Crippen LogP contribution in [0.5, 0.6) is 11.5 Å². The lowest BCUT2D eigenvalue weighted by Gasteiger charge is -2.10. The van der Waals surface area contributed by atoms with Crippen molar-refractivity contribution in [1.82, 2.24) is 5.32 Å². The predicted molar refractivity (Wildman–Crippen MR) is 78.2 cm³/mol. The average molecular weight is 275 g/mol. The van der Waals surface area contributed by atoms with Gasteiger partial charge in [0.25, 0.3) is 0 Å². The number of aryl methyl sites for hydroxylation is 1. The Kier molecular flexibility index (Phi) is 5.07. The van der Waals surface area contributed by atoms with Crippen LogP contribution in [0.25, 0.3) is 0 Å². The van der Waals surface area contributed by atoms with Gasteiger partial charge in [-0.25, -0.2) is 0 Å². The third-order valence-electron chi connectivity index (χ3n) is 3.14. The van der Waals surface area contributed by atoms with Crippen LogP contribution in [0, 0.1) is 0 Å². The van der Waals surface area contributed by atoms with E-state index < -0.39 is 0 Å². The van der Waals surface area contributed by atoms with Gasteiger partial charge in [0.1, 0.15) is 11.5 Å². The maximum Gasteiger partial charge on any atom is 0.161 e. The standard InChI is InChI=1S/C16H21NO3/c1-4-13-6-7-14(20-13)11-17-10-12-5-8-15(18-2)16(9-12)19-3/h5-9,17H,4,10-11H2,1-3H3. The summed E-state index contributed by atoms with van der Waals surface area (Å²) in [4.78, 5) is 0. The minimum Gasteiger partial charge on any atom is -0.493 e. The summed E-state index contributed by atoms with van der Waals surface area (Å²) in [5.74, 6) is 3.48. The summed E-state index contributed by atoms with van der Waals surface area (Å²) >= 11 is 0. The lowest BCUT2D eigenvalue weighted by molar-refractivity contribution is 0.354. The lowest BCUT2D eigenvalue weighted by atomic mass is 10.2. The summed E-state index contributed by atoms with van der Waals surface area (Å²) in [5.41, 5.74) is 1.14. The number of hydrogen-bond acceptors (Lipinski definition) is 4. The molecule has 108 valence electrons. The van der Waals surface area contributed by atoms with E-state index in [1.807, 2.05) is 30.3 Å². The van der Waals surface area contributed by atoms with Crippen molar-refractivity contribution in [3.63, 3.8) is 0 Å². The molecule has 1 aromatic carbocycles. The molecule has 0 saturated heterocycles. The van der Waals surface area contributed by atoms with Crippen molar-refractivity contribution in [3.8, 4) is 11.5 Å². The quantitative estimate of drug-likeness (QED) is 0.843. The summed E-state index contributed by atoms with van der Waals surface area (Å²) in [5, 5.41) is 3.35. The largest absolute Gasteiger partial charge is 0.493 e. The Balaban J connectivity index is 1.90. The third-order valence-corrected chi connectivity index (χ3v) is 3.14. The summed E-state index contributed by atoms with van der Waals surface area (Å²) in [7, 11) is 3.28. The van der Waals surface area contributed by atoms with Gasteiger partial charge in [-0.1, -0.05) is 13.0 Å². The number of furan rings is 1. The van der Waals surface area contributed by atoms with E-state index in [-0.39, 0.29) is 0 Å². The van der Waals surface area contributed by atoms with Gasteiger partial charge in [-0.2, -0.15) is 0 Å². The average Bonchev–Trinajstić information content (AvgIpc) is 2.95. The maximum absolute atomic E-state index is 5.64. The molecule has 0 aliphatic carbocycles. The molecule has 0 bridgehead atoms. The van der Waals surface area contributed by atoms with Crippen molar-refractivity contribution in [1.29, 1.82) is 0 Å². The Hall–Kier alpha value is -1.94. The molecule has 0 saturated carbocycles. The van der Waals surface area contributed by atoms with E-state index >= 15 is 0 Å². The van der Waals surface area contributed by atoms with E-state index in [0.717, 1.165) is 41.5 Å². The Bertz CT molecular complexity index is 548. The Morgan fingerprint density at radius 2 is 1.70 bits per heavy atom. The van der Waals surface area contributed by atoms with Gasteiger partial charge in [-0.15, -0.1) is 0 Å². The Morgan fingerprint density at radius 1 is 0.950 bits per heavy atom. The molecule has 0 aliphatic rings. The van der Waals surface area contributed by atoms with Crippen LogP contribution < -0.4 is 14.8 Å². The zero-order valence-electron chi connectivity index (χ0n) is 12.2. The molecule has 20 heavy (non-hydrogen) atoms. The third kappa shape index (κ3) is 3.54. The van der Waals surface area contributed by atoms with E-state index in [1.165, 1.54) is 0 Å². The van der Waals surface area contributed by atoms with Gasteiger partial charge in [-0.05, 0) is 29.8 Å². The summed E-state index contributed by atoms with van der Waals surface area (Å²) in [6.07, 6.45) is 0.926. The lowest BCUT2D eigenvalue weighted by Crippen LogP contribution is -2.12. The van der Waals surface area contributed by atoms with E-state index in [2.05, 4.69) is 12.2 Å². The molecule has 0 aliphatic heterocycles. The van der Waals surface area contributed by atoms with Gasteiger partial charge < -0.3 is 19.2 Å². The highest BCUT2D eigenvalue weighted by Gasteiger charge is 2.05. The normalized spacial score (nSPS) is 10.6. The topological polar surface area (TPSA) is 43.6 Å². The molecule has 0 amide bonds. The van der Waals surface area contributed by atoms with Crippen LogP contribution in [0.15, 0.2) is 34.7 Å². The van der Waals surface area contributed by atoms with Gasteiger partial charge >= 0.3 is 0 Å². The van der Waals surface area contributed by atoms with Gasteiger partial charge in [0.05, 0.1) is 20.8 Å². The molecular weight excluding hydrogens is 254 g/mol. The highest BCUT2D eigenvalue weighted by atomic mass is 16.5. The smallest absolute Gasteiger partial charge is 0.161 e. The first-order chi connectivity index (χ1) is 9.76. The van der Waals surface area contributed by atoms with Crippen LogP contribution >= 0.6 is 0 Å². The second-order valence-corrected chi connectivity index (χ2v) is 4.51. The SMILES string of the molecule is CCc1ccc(CNCc2ccc(OC)c(OC)c2)o1. The molecule has 0 fully saturated rings. The van der Waals surface area contributed by atoms with E-state index in [4.69, 9.17) is 13.9 Å². The molecule has 4 heteroatoms. The Labute approximate surface area is 119 Å². The second kappa shape index (κ2) is 7.01. The molecule has 0 spiro atoms. The van der Waals surface area contributed by atoms with Crippen molar-refractivity contribution in [3.05, 3.63) is 47.4 Å². The summed E-state index contributed by atoms with van der Waals surface area (Å²) < 4.78 is 16.2. The molecule has 0 radical (unpaired) electrons. The van der Waals surface area contributed by atoms with Crippen molar-refractivity contribution in [2.75, 3.05) is 14.2 Å². The first kappa shape index (κ1) is 14.5. The maximum atomic E-state index is 5.64. The highest BCUT2D eigenvalue weighted by Crippen LogP contribution is 2.27. The number of hydrogen-bond donors (Lipinski definition) is 1. The molecule has 2 aromatic rings. The highest BCUT2D eigenvalue weighted by molar-refractivity contribution is 5.42. The zero-order chi connectivity index (χ0) is 14.4. The van der Waals surface area contributed by atoms with Crippen LogP contribution in [-0.4, -0.2) is 14.2 Å². The van der Waals surface area contributed by atoms with Crippen LogP contribution in [0.3, 0.4) is 0 Å². The van der Waals surface area contributed by atoms with Crippen LogP contribution in [0.1, 0.15) is 24.0 Å². The van der Waals surface area contributed by atoms with Gasteiger partial charge in [0, 0.05) is 13.0 Å². The van der Waals surface area contributed by atoms with Crippen molar-refractivity contribution in [2.24, 2.45) is 0 Å². The minimum atomic E-state index is 0.717. The molecule has 1 aromatic heterocycles. The van der Waals surface area contributed by atoms with E-state index in [0.29, 0.717) is 6.54 Å². The van der Waals surface area contributed by atoms with Crippen molar-refractivity contribution < 1.29 is 13.9 Å². The molecule has 2 rings (SSSR count). The number of nitrogens with one attached hydrogen (secondary N) is 1. The van der Waals surface area contributed by atoms with Crippen LogP contribution in [0.4, 0.5) is 0 Å². The predicted octanol–water partition coefficient (Wildman–Crippen LogP) is 3.15. The van der Waals surface area contributed by atoms with Crippen molar-refractivity contribution in [2.45, 2.75) is 26.4 Å². The monoisotopic (exact) mass is 275 g/mol. The second-order valence-electron chi connectivity index (χ2n) is 4.51. The number of ether oxygens (including phenoxy) is 2. The Morgan fingerprint density at radius 3 is 2.35 bits per heavy atom. The summed E-state index contributed by atoms with van der Waals surface area (Å²) in [6.45, 7) is 3.55. The molecule has 0 unspecified atom stereocenters. The molecule has 0 atom stereocenters. The molecule has 1 heterocycles. The number of methoxy groups -OCH3 is 2. The van der Waals surface area contributed by atoms with Crippen molar-refractivity contribution >= 4 is 0 Å². The first-order valence-electron chi connectivity index (χ1n) is 6.76. The first-order valence-corrected chi connectivity index (χ1v) is 6.76. The van der Waals surface area contributed by atoms with E-state index in [1.54, 1.807) is 14.2 Å². The van der Waals surface area contributed by atoms with Crippen LogP contribution in [-0.2, 0) is 19.5 Å². The van der Waals surface area contributed by atoms with Gasteiger partial charge in [0.15, 0.2) is 11.5 Å².